The lowest BCUT2D eigenvalue weighted by Gasteiger charge is -2.28. The number of aromatic nitrogens is 1. The van der Waals surface area contributed by atoms with Gasteiger partial charge in [-0.1, -0.05) is 0 Å². The maximum Gasteiger partial charge on any atom is 0.335 e. The third kappa shape index (κ3) is 3.37. The molecular weight excluding hydrogens is 324 g/mol. The number of imide groups is 2. The molecule has 1 aromatic carbocycles. The van der Waals surface area contributed by atoms with E-state index in [0.717, 1.165) is 4.90 Å². The van der Waals surface area contributed by atoms with Crippen LogP contribution in [0.2, 0.25) is 0 Å². The van der Waals surface area contributed by atoms with Crippen molar-refractivity contribution in [3.63, 3.8) is 0 Å². The van der Waals surface area contributed by atoms with Crippen LogP contribution in [0.15, 0.2) is 53.8 Å². The Morgan fingerprint density at radius 3 is 2.60 bits per heavy atom. The Kier molecular flexibility index (Phi) is 4.51. The van der Waals surface area contributed by atoms with Crippen molar-refractivity contribution >= 4 is 35.4 Å². The predicted octanol–water partition coefficient (Wildman–Crippen LogP) is 1.69. The highest BCUT2D eigenvalue weighted by atomic mass is 16.5. The third-order valence-electron chi connectivity index (χ3n) is 3.55. The molecule has 0 aliphatic carbocycles. The fourth-order valence-electron chi connectivity index (χ4n) is 2.29. The van der Waals surface area contributed by atoms with Crippen LogP contribution in [-0.4, -0.2) is 36.2 Å². The highest BCUT2D eigenvalue weighted by Gasteiger charge is 2.40. The van der Waals surface area contributed by atoms with Gasteiger partial charge in [-0.3, -0.25) is 24.9 Å². The zero-order valence-electron chi connectivity index (χ0n) is 13.2. The van der Waals surface area contributed by atoms with Gasteiger partial charge in [0.2, 0.25) is 5.91 Å². The number of methoxy groups -OCH3 is 1. The standard InChI is InChI=1S/C17H14N4O4/c1-25-13-6-4-12(5-7-13)21-16(23)14(15(22)20-17(21)24)10-19-11-3-2-8-18-9-11/h2-10,14H,1H3,(H,20,22,24)/t14-/m0/s1. The fourth-order valence-corrected chi connectivity index (χ4v) is 2.29. The number of nitrogens with one attached hydrogen (secondary N) is 1. The van der Waals surface area contributed by atoms with Crippen molar-refractivity contribution < 1.29 is 19.1 Å². The van der Waals surface area contributed by atoms with Gasteiger partial charge < -0.3 is 4.74 Å². The molecule has 1 saturated heterocycles. The highest BCUT2D eigenvalue weighted by molar-refractivity contribution is 6.32. The second kappa shape index (κ2) is 6.91. The second-order valence-corrected chi connectivity index (χ2v) is 5.13. The number of anilines is 1. The minimum Gasteiger partial charge on any atom is -0.497 e. The Bertz CT molecular complexity index is 833. The molecule has 1 fully saturated rings. The van der Waals surface area contributed by atoms with Crippen LogP contribution in [0.1, 0.15) is 0 Å². The number of aliphatic imine (C=N–C) groups is 1. The van der Waals surface area contributed by atoms with Crippen LogP contribution < -0.4 is 15.0 Å². The summed E-state index contributed by atoms with van der Waals surface area (Å²) in [5.74, 6) is -2.02. The van der Waals surface area contributed by atoms with Gasteiger partial charge in [0.25, 0.3) is 5.91 Å². The van der Waals surface area contributed by atoms with E-state index in [2.05, 4.69) is 15.3 Å². The molecule has 0 spiro atoms. The molecule has 1 N–H and O–H groups in total. The van der Waals surface area contributed by atoms with E-state index in [1.165, 1.54) is 19.5 Å². The first-order chi connectivity index (χ1) is 12.1. The van der Waals surface area contributed by atoms with E-state index in [0.29, 0.717) is 17.1 Å². The average Bonchev–Trinajstić information content (AvgIpc) is 2.62. The van der Waals surface area contributed by atoms with Crippen LogP contribution in [0.25, 0.3) is 0 Å². The van der Waals surface area contributed by atoms with E-state index in [1.54, 1.807) is 42.6 Å². The van der Waals surface area contributed by atoms with Gasteiger partial charge in [0.05, 0.1) is 24.7 Å². The zero-order chi connectivity index (χ0) is 17.8. The van der Waals surface area contributed by atoms with Gasteiger partial charge in [-0.25, -0.2) is 9.69 Å². The number of hydrogen-bond acceptors (Lipinski definition) is 6. The number of carbonyl (C=O) groups is 3. The number of ether oxygens (including phenoxy) is 1. The number of benzene rings is 1. The quantitative estimate of drug-likeness (QED) is 0.675. The summed E-state index contributed by atoms with van der Waals surface area (Å²) < 4.78 is 5.05. The van der Waals surface area contributed by atoms with Crippen molar-refractivity contribution in [3.05, 3.63) is 48.8 Å². The molecule has 8 heteroatoms. The van der Waals surface area contributed by atoms with Crippen LogP contribution in [-0.2, 0) is 9.59 Å². The minimum atomic E-state index is -1.21. The zero-order valence-corrected chi connectivity index (χ0v) is 13.2. The minimum absolute atomic E-state index is 0.329. The maximum atomic E-state index is 12.6. The summed E-state index contributed by atoms with van der Waals surface area (Å²) in [7, 11) is 1.51. The van der Waals surface area contributed by atoms with Crippen LogP contribution in [0.3, 0.4) is 0 Å². The predicted molar refractivity (Wildman–Crippen MR) is 89.9 cm³/mol. The Morgan fingerprint density at radius 1 is 1.20 bits per heavy atom. The van der Waals surface area contributed by atoms with E-state index >= 15 is 0 Å². The lowest BCUT2D eigenvalue weighted by molar-refractivity contribution is -0.131. The molecule has 0 unspecified atom stereocenters. The van der Waals surface area contributed by atoms with E-state index in [9.17, 15) is 14.4 Å². The van der Waals surface area contributed by atoms with Crippen LogP contribution >= 0.6 is 0 Å². The molecule has 0 bridgehead atoms. The summed E-state index contributed by atoms with van der Waals surface area (Å²) in [5, 5.41) is 2.16. The van der Waals surface area contributed by atoms with Gasteiger partial charge >= 0.3 is 6.03 Å². The van der Waals surface area contributed by atoms with Crippen molar-refractivity contribution in [3.8, 4) is 5.75 Å². The number of nitrogens with zero attached hydrogens (tertiary/aromatic N) is 3. The number of rotatable bonds is 4. The monoisotopic (exact) mass is 338 g/mol. The Morgan fingerprint density at radius 2 is 1.96 bits per heavy atom. The molecule has 126 valence electrons. The van der Waals surface area contributed by atoms with Gasteiger partial charge in [-0.05, 0) is 36.4 Å². The maximum absolute atomic E-state index is 12.6. The van der Waals surface area contributed by atoms with Crippen molar-refractivity contribution in [2.75, 3.05) is 12.0 Å². The van der Waals surface area contributed by atoms with E-state index in [-0.39, 0.29) is 0 Å². The molecule has 3 rings (SSSR count). The summed E-state index contributed by atoms with van der Waals surface area (Å²) in [6.45, 7) is 0. The molecule has 1 aliphatic heterocycles. The third-order valence-corrected chi connectivity index (χ3v) is 3.55. The molecule has 4 amide bonds. The molecular formula is C17H14N4O4. The first-order valence-corrected chi connectivity index (χ1v) is 7.37. The van der Waals surface area contributed by atoms with Crippen LogP contribution in [0.4, 0.5) is 16.2 Å². The first-order valence-electron chi connectivity index (χ1n) is 7.37. The van der Waals surface area contributed by atoms with Gasteiger partial charge in [0.1, 0.15) is 5.75 Å². The normalized spacial score (nSPS) is 17.7. The topological polar surface area (TPSA) is 101 Å². The van der Waals surface area contributed by atoms with E-state index in [1.807, 2.05) is 0 Å². The van der Waals surface area contributed by atoms with Crippen molar-refractivity contribution in [2.45, 2.75) is 0 Å². The molecule has 1 aromatic heterocycles. The lowest BCUT2D eigenvalue weighted by Crippen LogP contribution is -2.58. The molecule has 2 aromatic rings. The smallest absolute Gasteiger partial charge is 0.335 e. The van der Waals surface area contributed by atoms with Gasteiger partial charge in [-0.2, -0.15) is 0 Å². The molecule has 0 radical (unpaired) electrons. The van der Waals surface area contributed by atoms with Gasteiger partial charge in [0.15, 0.2) is 5.92 Å². The molecule has 0 saturated carbocycles. The number of amides is 4. The van der Waals surface area contributed by atoms with Crippen LogP contribution in [0.5, 0.6) is 5.75 Å². The van der Waals surface area contributed by atoms with Gasteiger partial charge in [-0.15, -0.1) is 0 Å². The number of barbiturate groups is 1. The van der Waals surface area contributed by atoms with Gasteiger partial charge in [0, 0.05) is 12.4 Å². The lowest BCUT2D eigenvalue weighted by atomic mass is 10.1. The van der Waals surface area contributed by atoms with Crippen LogP contribution in [0, 0.1) is 5.92 Å². The average molecular weight is 338 g/mol. The molecule has 8 nitrogen and oxygen atoms in total. The number of urea groups is 1. The van der Waals surface area contributed by atoms with Crippen molar-refractivity contribution in [1.29, 1.82) is 0 Å². The highest BCUT2D eigenvalue weighted by Crippen LogP contribution is 2.23. The Labute approximate surface area is 143 Å². The number of hydrogen-bond donors (Lipinski definition) is 1. The Balaban J connectivity index is 1.87. The SMILES string of the molecule is COc1ccc(N2C(=O)NC(=O)[C@H](C=Nc3cccnc3)C2=O)cc1. The summed E-state index contributed by atoms with van der Waals surface area (Å²) in [4.78, 5) is 45.6. The number of carbonyl (C=O) groups excluding carboxylic acids is 3. The molecule has 1 aliphatic rings. The summed E-state index contributed by atoms with van der Waals surface area (Å²) >= 11 is 0. The molecule has 2 heterocycles. The largest absolute Gasteiger partial charge is 0.497 e. The van der Waals surface area contributed by atoms with Crippen molar-refractivity contribution in [1.82, 2.24) is 10.3 Å². The fraction of sp³-hybridized carbons (Fsp3) is 0.118. The summed E-state index contributed by atoms with van der Waals surface area (Å²) in [6, 6.07) is 8.91. The second-order valence-electron chi connectivity index (χ2n) is 5.13. The summed E-state index contributed by atoms with van der Waals surface area (Å²) in [6.07, 6.45) is 4.29. The molecule has 1 atom stereocenters. The Hall–Kier alpha value is -3.55. The summed E-state index contributed by atoms with van der Waals surface area (Å²) in [5.41, 5.74) is 0.826. The molecule has 25 heavy (non-hydrogen) atoms. The first kappa shape index (κ1) is 16.3. The van der Waals surface area contributed by atoms with E-state index in [4.69, 9.17) is 4.74 Å². The number of pyridine rings is 1. The van der Waals surface area contributed by atoms with Crippen molar-refractivity contribution in [2.24, 2.45) is 10.9 Å². The van der Waals surface area contributed by atoms with E-state index < -0.39 is 23.8 Å².